The van der Waals surface area contributed by atoms with Gasteiger partial charge in [0, 0.05) is 18.2 Å². The van der Waals surface area contributed by atoms with Crippen LogP contribution < -0.4 is 10.6 Å². The summed E-state index contributed by atoms with van der Waals surface area (Å²) in [6, 6.07) is 8.60. The molecule has 0 spiro atoms. The van der Waals surface area contributed by atoms with E-state index in [0.717, 1.165) is 18.7 Å². The summed E-state index contributed by atoms with van der Waals surface area (Å²) in [5.74, 6) is 0.551. The van der Waals surface area contributed by atoms with E-state index in [4.69, 9.17) is 0 Å². The number of amides is 1. The number of carbonyl (C=O) groups is 1. The molecular formula is C16H25ClN2O. The smallest absolute Gasteiger partial charge is 0.224 e. The normalized spacial score (nSPS) is 17.9. The molecule has 0 radical (unpaired) electrons. The van der Waals surface area contributed by atoms with Crippen molar-refractivity contribution >= 4 is 24.0 Å². The van der Waals surface area contributed by atoms with Gasteiger partial charge in [0.2, 0.25) is 5.91 Å². The van der Waals surface area contributed by atoms with E-state index in [0.29, 0.717) is 18.4 Å². The van der Waals surface area contributed by atoms with Crippen molar-refractivity contribution in [2.45, 2.75) is 51.5 Å². The summed E-state index contributed by atoms with van der Waals surface area (Å²) in [6.45, 7) is 5.39. The van der Waals surface area contributed by atoms with E-state index in [1.807, 2.05) is 18.2 Å². The van der Waals surface area contributed by atoms with E-state index < -0.39 is 0 Å². The monoisotopic (exact) mass is 296 g/mol. The summed E-state index contributed by atoms with van der Waals surface area (Å²) in [7, 11) is 0. The number of anilines is 1. The highest BCUT2D eigenvalue weighted by atomic mass is 35.5. The van der Waals surface area contributed by atoms with Crippen LogP contribution in [0.1, 0.15) is 51.0 Å². The molecule has 1 saturated heterocycles. The van der Waals surface area contributed by atoms with Gasteiger partial charge < -0.3 is 10.6 Å². The number of para-hydroxylation sites is 1. The van der Waals surface area contributed by atoms with E-state index in [1.165, 1.54) is 18.4 Å². The standard InChI is InChI=1S/C16H24N2O.ClH/c1-12(2)14-7-3-4-8-15(14)18-16(19)10-9-13-6-5-11-17-13;/h3-4,7-8,12-13,17H,5-6,9-11H2,1-2H3,(H,18,19);1H. The van der Waals surface area contributed by atoms with Gasteiger partial charge in [-0.15, -0.1) is 12.4 Å². The molecule has 1 unspecified atom stereocenters. The highest BCUT2D eigenvalue weighted by Crippen LogP contribution is 2.24. The van der Waals surface area contributed by atoms with E-state index in [1.54, 1.807) is 0 Å². The number of nitrogens with one attached hydrogen (secondary N) is 2. The lowest BCUT2D eigenvalue weighted by molar-refractivity contribution is -0.116. The van der Waals surface area contributed by atoms with Crippen molar-refractivity contribution in [1.29, 1.82) is 0 Å². The van der Waals surface area contributed by atoms with Crippen LogP contribution in [0.25, 0.3) is 0 Å². The lowest BCUT2D eigenvalue weighted by atomic mass is 10.0. The molecule has 3 nitrogen and oxygen atoms in total. The number of rotatable bonds is 5. The van der Waals surface area contributed by atoms with Crippen molar-refractivity contribution < 1.29 is 4.79 Å². The minimum Gasteiger partial charge on any atom is -0.326 e. The minimum atomic E-state index is 0. The number of hydrogen-bond donors (Lipinski definition) is 2. The SMILES string of the molecule is CC(C)c1ccccc1NC(=O)CCC1CCCN1.Cl. The van der Waals surface area contributed by atoms with E-state index in [9.17, 15) is 4.79 Å². The fourth-order valence-electron chi connectivity index (χ4n) is 2.64. The Kier molecular flexibility index (Phi) is 7.03. The van der Waals surface area contributed by atoms with Gasteiger partial charge in [0.15, 0.2) is 0 Å². The predicted octanol–water partition coefficient (Wildman–Crippen LogP) is 3.70. The average molecular weight is 297 g/mol. The van der Waals surface area contributed by atoms with Crippen molar-refractivity contribution in [3.63, 3.8) is 0 Å². The summed E-state index contributed by atoms with van der Waals surface area (Å²) >= 11 is 0. The Hall–Kier alpha value is -1.06. The molecular weight excluding hydrogens is 272 g/mol. The van der Waals surface area contributed by atoms with Gasteiger partial charge in [-0.1, -0.05) is 32.0 Å². The molecule has 1 amide bonds. The molecule has 1 aromatic carbocycles. The maximum Gasteiger partial charge on any atom is 0.224 e. The lowest BCUT2D eigenvalue weighted by Gasteiger charge is -2.14. The summed E-state index contributed by atoms with van der Waals surface area (Å²) < 4.78 is 0. The Balaban J connectivity index is 0.00000200. The molecule has 112 valence electrons. The van der Waals surface area contributed by atoms with Crippen LogP contribution in [0.5, 0.6) is 0 Å². The first-order chi connectivity index (χ1) is 9.16. The molecule has 1 aliphatic rings. The van der Waals surface area contributed by atoms with E-state index in [2.05, 4.69) is 30.5 Å². The van der Waals surface area contributed by atoms with Gasteiger partial charge in [-0.3, -0.25) is 4.79 Å². The fraction of sp³-hybridized carbons (Fsp3) is 0.562. The average Bonchev–Trinajstić information content (AvgIpc) is 2.90. The first-order valence-corrected chi connectivity index (χ1v) is 7.29. The highest BCUT2D eigenvalue weighted by Gasteiger charge is 2.16. The second-order valence-electron chi connectivity index (χ2n) is 5.62. The quantitative estimate of drug-likeness (QED) is 0.870. The Morgan fingerprint density at radius 2 is 2.15 bits per heavy atom. The molecule has 4 heteroatoms. The van der Waals surface area contributed by atoms with Gasteiger partial charge in [0.25, 0.3) is 0 Å². The third-order valence-corrected chi connectivity index (χ3v) is 3.74. The summed E-state index contributed by atoms with van der Waals surface area (Å²) in [6.07, 6.45) is 3.98. The van der Waals surface area contributed by atoms with Gasteiger partial charge in [-0.2, -0.15) is 0 Å². The molecule has 2 N–H and O–H groups in total. The lowest BCUT2D eigenvalue weighted by Crippen LogP contribution is -2.23. The third kappa shape index (κ3) is 4.80. The van der Waals surface area contributed by atoms with Crippen molar-refractivity contribution in [1.82, 2.24) is 5.32 Å². The Morgan fingerprint density at radius 3 is 2.80 bits per heavy atom. The zero-order valence-corrected chi connectivity index (χ0v) is 13.1. The van der Waals surface area contributed by atoms with Crippen LogP contribution in [0.2, 0.25) is 0 Å². The molecule has 0 aromatic heterocycles. The Labute approximate surface area is 127 Å². The van der Waals surface area contributed by atoms with Crippen molar-refractivity contribution in [3.8, 4) is 0 Å². The maximum atomic E-state index is 12.0. The summed E-state index contributed by atoms with van der Waals surface area (Å²) in [5, 5.41) is 6.47. The second kappa shape index (κ2) is 8.28. The second-order valence-corrected chi connectivity index (χ2v) is 5.62. The topological polar surface area (TPSA) is 41.1 Å². The number of carbonyl (C=O) groups excluding carboxylic acids is 1. The highest BCUT2D eigenvalue weighted by molar-refractivity contribution is 5.91. The van der Waals surface area contributed by atoms with Gasteiger partial charge in [-0.05, 0) is 43.4 Å². The van der Waals surface area contributed by atoms with Crippen LogP contribution in [0.15, 0.2) is 24.3 Å². The first kappa shape index (κ1) is 17.0. The molecule has 20 heavy (non-hydrogen) atoms. The predicted molar refractivity (Wildman–Crippen MR) is 86.7 cm³/mol. The van der Waals surface area contributed by atoms with Crippen molar-refractivity contribution in [2.24, 2.45) is 0 Å². The number of halogens is 1. The minimum absolute atomic E-state index is 0. The van der Waals surface area contributed by atoms with Crippen LogP contribution in [0.4, 0.5) is 5.69 Å². The van der Waals surface area contributed by atoms with Gasteiger partial charge in [-0.25, -0.2) is 0 Å². The largest absolute Gasteiger partial charge is 0.326 e. The molecule has 2 rings (SSSR count). The molecule has 0 aliphatic carbocycles. The van der Waals surface area contributed by atoms with Crippen LogP contribution in [-0.4, -0.2) is 18.5 Å². The van der Waals surface area contributed by atoms with E-state index in [-0.39, 0.29) is 18.3 Å². The molecule has 0 bridgehead atoms. The molecule has 1 heterocycles. The zero-order chi connectivity index (χ0) is 13.7. The summed E-state index contributed by atoms with van der Waals surface area (Å²) in [5.41, 5.74) is 2.16. The van der Waals surface area contributed by atoms with E-state index >= 15 is 0 Å². The first-order valence-electron chi connectivity index (χ1n) is 7.29. The number of hydrogen-bond acceptors (Lipinski definition) is 2. The third-order valence-electron chi connectivity index (χ3n) is 3.74. The van der Waals surface area contributed by atoms with Crippen LogP contribution >= 0.6 is 12.4 Å². The zero-order valence-electron chi connectivity index (χ0n) is 12.3. The molecule has 1 atom stereocenters. The fourth-order valence-corrected chi connectivity index (χ4v) is 2.64. The van der Waals surface area contributed by atoms with Crippen molar-refractivity contribution in [3.05, 3.63) is 29.8 Å². The van der Waals surface area contributed by atoms with Crippen LogP contribution in [0.3, 0.4) is 0 Å². The molecule has 0 saturated carbocycles. The van der Waals surface area contributed by atoms with Gasteiger partial charge in [0.05, 0.1) is 0 Å². The van der Waals surface area contributed by atoms with Gasteiger partial charge in [0.1, 0.15) is 0 Å². The summed E-state index contributed by atoms with van der Waals surface area (Å²) in [4.78, 5) is 12.0. The Morgan fingerprint density at radius 1 is 1.40 bits per heavy atom. The van der Waals surface area contributed by atoms with Crippen LogP contribution in [0, 0.1) is 0 Å². The molecule has 1 aromatic rings. The van der Waals surface area contributed by atoms with Crippen LogP contribution in [-0.2, 0) is 4.79 Å². The van der Waals surface area contributed by atoms with Crippen molar-refractivity contribution in [2.75, 3.05) is 11.9 Å². The Bertz CT molecular complexity index is 428. The molecule has 1 aliphatic heterocycles. The molecule has 1 fully saturated rings. The van der Waals surface area contributed by atoms with Gasteiger partial charge >= 0.3 is 0 Å². The number of benzene rings is 1. The maximum absolute atomic E-state index is 12.0.